The number of nitrogens with zero attached hydrogens (tertiary/aromatic N) is 2. The molecule has 5 atom stereocenters. The van der Waals surface area contributed by atoms with Crippen molar-refractivity contribution in [1.82, 2.24) is 15.1 Å². The number of hydrogen-bond donors (Lipinski definition) is 3. The van der Waals surface area contributed by atoms with Crippen molar-refractivity contribution in [3.63, 3.8) is 0 Å². The van der Waals surface area contributed by atoms with Crippen molar-refractivity contribution in [2.24, 2.45) is 17.8 Å². The molecule has 3 N–H and O–H groups in total. The van der Waals surface area contributed by atoms with E-state index < -0.39 is 16.2 Å². The average molecular weight is 1270 g/mol. The van der Waals surface area contributed by atoms with Gasteiger partial charge in [0.25, 0.3) is 10.1 Å². The third-order valence-electron chi connectivity index (χ3n) is 16.5. The highest BCUT2D eigenvalue weighted by molar-refractivity contribution is 7.86. The van der Waals surface area contributed by atoms with Gasteiger partial charge in [-0.15, -0.1) is 0 Å². The van der Waals surface area contributed by atoms with Crippen LogP contribution in [-0.2, 0) is 57.2 Å². The van der Waals surface area contributed by atoms with E-state index in [4.69, 9.17) is 42.4 Å². The van der Waals surface area contributed by atoms with Crippen LogP contribution < -0.4 is 14.8 Å². The van der Waals surface area contributed by atoms with Crippen LogP contribution in [0.1, 0.15) is 126 Å². The Kier molecular flexibility index (Phi) is 29.1. The van der Waals surface area contributed by atoms with Crippen molar-refractivity contribution in [1.29, 1.82) is 0 Å². The third-order valence-corrected chi connectivity index (χ3v) is 17.8. The molecule has 5 fully saturated rings. The van der Waals surface area contributed by atoms with Gasteiger partial charge in [-0.3, -0.25) is 14.0 Å². The van der Waals surface area contributed by atoms with Crippen molar-refractivity contribution >= 4 is 10.1 Å². The van der Waals surface area contributed by atoms with Crippen molar-refractivity contribution in [2.75, 3.05) is 79.1 Å². The Morgan fingerprint density at radius 2 is 0.923 bits per heavy atom. The summed E-state index contributed by atoms with van der Waals surface area (Å²) in [6, 6.07) is 51.9. The van der Waals surface area contributed by atoms with Crippen LogP contribution in [-0.4, -0.2) is 144 Å². The highest BCUT2D eigenvalue weighted by atomic mass is 32.2. The van der Waals surface area contributed by atoms with E-state index in [9.17, 15) is 13.5 Å². The monoisotopic (exact) mass is 1270 g/mol. The second-order valence-corrected chi connectivity index (χ2v) is 27.4. The molecule has 2 aliphatic heterocycles. The van der Waals surface area contributed by atoms with Gasteiger partial charge in [0.05, 0.1) is 37.4 Å². The molecule has 91 heavy (non-hydrogen) atoms. The van der Waals surface area contributed by atoms with Crippen molar-refractivity contribution in [3.8, 4) is 17.2 Å². The van der Waals surface area contributed by atoms with Crippen LogP contribution in [0, 0.1) is 24.7 Å². The molecule has 2 heterocycles. The lowest BCUT2D eigenvalue weighted by Gasteiger charge is -2.26. The SMILES string of the molecule is CC(C)N1C[C@H](COc2ccc(CCOCC3CC3)cc2)O[C@H]1c1ccccc1.CC(C)NC[C@H](O)COc1ccc(CCOCC2CC2)cc1.Cc1ccc(S(=O)(=O)OC[C@H]2CN(C(C)C)[C@H](c3ccccc3)O2)cc1.Oc1ccc(CCOCC2CC2)cc1. The maximum absolute atomic E-state index is 12.4. The molecule has 3 aliphatic carbocycles. The zero-order chi connectivity index (χ0) is 64.4. The fourth-order valence-corrected chi connectivity index (χ4v) is 11.2. The standard InChI is InChI=1S/C25H33NO3.C20H25NO4S.C18H29NO3.C12H16O2/c1-19(2)26-16-24(29-25(26)22-6-4-3-5-7-22)18-28-23-12-10-20(11-13-23)14-15-27-17-21-8-9-21;1-15(2)21-13-18(25-20(21)17-7-5-4-6-8-17)14-24-26(22,23)19-11-9-16(3)10-12-19;1-14(2)19-11-17(20)13-22-18-7-5-15(6-8-18)9-10-21-12-16-3-4-16;13-12-5-3-10(4-6-12)7-8-14-9-11-1-2-11/h3-7,10-13,19,21,24-25H,8-9,14-18H2,1-2H3;4-12,15,18,20H,13-14H2,1-3H3;5-8,14,16-17,19-20H,3-4,9-13H2,1-2H3;3-6,11,13H,1-2,7-9H2/t24-,25+;18-,20+;17-;/m110./s1. The van der Waals surface area contributed by atoms with Gasteiger partial charge in [0.2, 0.25) is 0 Å². The number of rotatable bonds is 32. The number of aliphatic hydroxyl groups excluding tert-OH is 1. The molecule has 3 saturated carbocycles. The first-order valence-electron chi connectivity index (χ1n) is 33.3. The Balaban J connectivity index is 0.000000161. The zero-order valence-corrected chi connectivity index (χ0v) is 55.8. The van der Waals surface area contributed by atoms with Gasteiger partial charge in [-0.1, -0.05) is 129 Å². The Hall–Kier alpha value is -5.73. The van der Waals surface area contributed by atoms with Crippen LogP contribution >= 0.6 is 0 Å². The van der Waals surface area contributed by atoms with Gasteiger partial charge < -0.3 is 48.7 Å². The summed E-state index contributed by atoms with van der Waals surface area (Å²) in [4.78, 5) is 4.78. The number of hydrogen-bond acceptors (Lipinski definition) is 15. The smallest absolute Gasteiger partial charge is 0.297 e. The van der Waals surface area contributed by atoms with E-state index in [1.807, 2.05) is 67.6 Å². The highest BCUT2D eigenvalue weighted by Gasteiger charge is 2.37. The first-order chi connectivity index (χ1) is 44.0. The summed E-state index contributed by atoms with van der Waals surface area (Å²) in [5, 5.41) is 22.1. The van der Waals surface area contributed by atoms with Crippen molar-refractivity contribution in [2.45, 2.75) is 160 Å². The number of aryl methyl sites for hydroxylation is 1. The number of ether oxygens (including phenoxy) is 7. The highest BCUT2D eigenvalue weighted by Crippen LogP contribution is 2.35. The number of phenolic OH excluding ortho intramolecular Hbond substituents is 1. The number of benzene rings is 6. The quantitative estimate of drug-likeness (QED) is 0.0269. The molecule has 6 aromatic rings. The number of aromatic hydroxyl groups is 1. The minimum absolute atomic E-state index is 0.00261. The molecule has 6 aromatic carbocycles. The molecule has 16 heteroatoms. The molecule has 0 radical (unpaired) electrons. The summed E-state index contributed by atoms with van der Waals surface area (Å²) in [6.45, 7) is 22.8. The fourth-order valence-electron chi connectivity index (χ4n) is 10.3. The Labute approximate surface area is 543 Å². The zero-order valence-electron chi connectivity index (χ0n) is 55.0. The normalized spacial score (nSPS) is 19.5. The predicted octanol–water partition coefficient (Wildman–Crippen LogP) is 13.1. The Morgan fingerprint density at radius 1 is 0.516 bits per heavy atom. The summed E-state index contributed by atoms with van der Waals surface area (Å²) >= 11 is 0. The van der Waals surface area contributed by atoms with E-state index >= 15 is 0 Å². The lowest BCUT2D eigenvalue weighted by atomic mass is 10.1. The molecule has 0 spiro atoms. The fraction of sp³-hybridized carbons (Fsp3) is 0.520. The van der Waals surface area contributed by atoms with Gasteiger partial charge in [0, 0.05) is 57.6 Å². The largest absolute Gasteiger partial charge is 0.508 e. The molecular weight excluding hydrogens is 1170 g/mol. The molecule has 5 aliphatic rings. The summed E-state index contributed by atoms with van der Waals surface area (Å²) < 4.78 is 71.0. The molecule has 496 valence electrons. The molecule has 2 saturated heterocycles. The number of phenols is 1. The second kappa shape index (κ2) is 37.2. The van der Waals surface area contributed by atoms with Gasteiger partial charge in [0.15, 0.2) is 0 Å². The summed E-state index contributed by atoms with van der Waals surface area (Å²) in [7, 11) is -3.78. The van der Waals surface area contributed by atoms with Gasteiger partial charge in [0.1, 0.15) is 55.1 Å². The number of aliphatic hydroxyl groups is 1. The summed E-state index contributed by atoms with van der Waals surface area (Å²) in [5.74, 6) is 4.52. The lowest BCUT2D eigenvalue weighted by Crippen LogP contribution is -2.35. The lowest BCUT2D eigenvalue weighted by molar-refractivity contribution is -0.0234. The van der Waals surface area contributed by atoms with Gasteiger partial charge in [-0.25, -0.2) is 0 Å². The van der Waals surface area contributed by atoms with Crippen molar-refractivity contribution in [3.05, 3.63) is 191 Å². The minimum atomic E-state index is -3.78. The van der Waals surface area contributed by atoms with Gasteiger partial charge in [-0.2, -0.15) is 8.42 Å². The van der Waals surface area contributed by atoms with Crippen molar-refractivity contribution < 1.29 is 56.0 Å². The van der Waals surface area contributed by atoms with Crippen LogP contribution in [0.2, 0.25) is 0 Å². The average Bonchev–Trinajstić information content (AvgIpc) is 2.48. The maximum atomic E-state index is 12.4. The first kappa shape index (κ1) is 71.1. The first-order valence-corrected chi connectivity index (χ1v) is 34.7. The molecule has 0 amide bonds. The van der Waals surface area contributed by atoms with E-state index in [1.165, 1.54) is 60.8 Å². The molecule has 11 rings (SSSR count). The maximum Gasteiger partial charge on any atom is 0.297 e. The number of nitrogens with one attached hydrogen (secondary N) is 1. The van der Waals surface area contributed by atoms with Crippen LogP contribution in [0.15, 0.2) is 163 Å². The minimum Gasteiger partial charge on any atom is -0.508 e. The van der Waals surface area contributed by atoms with Crippen LogP contribution in [0.4, 0.5) is 0 Å². The van der Waals surface area contributed by atoms with E-state index in [1.54, 1.807) is 36.4 Å². The third kappa shape index (κ3) is 26.3. The molecule has 15 nitrogen and oxygen atoms in total. The van der Waals surface area contributed by atoms with Crippen LogP contribution in [0.25, 0.3) is 0 Å². The Bertz CT molecular complexity index is 3060. The molecular formula is C75H103N3O12S. The van der Waals surface area contributed by atoms with E-state index in [0.717, 1.165) is 106 Å². The van der Waals surface area contributed by atoms with Crippen LogP contribution in [0.3, 0.4) is 0 Å². The van der Waals surface area contributed by atoms with E-state index in [0.29, 0.717) is 44.1 Å². The van der Waals surface area contributed by atoms with Crippen LogP contribution in [0.5, 0.6) is 17.2 Å². The molecule has 0 unspecified atom stereocenters. The Morgan fingerprint density at radius 3 is 1.33 bits per heavy atom. The van der Waals surface area contributed by atoms with E-state index in [-0.39, 0.29) is 42.2 Å². The van der Waals surface area contributed by atoms with Gasteiger partial charge >= 0.3 is 0 Å². The summed E-state index contributed by atoms with van der Waals surface area (Å²) in [5.41, 5.74) is 7.03. The second-order valence-electron chi connectivity index (χ2n) is 25.8. The van der Waals surface area contributed by atoms with Gasteiger partial charge in [-0.05, 0) is 187 Å². The predicted molar refractivity (Wildman–Crippen MR) is 359 cm³/mol. The topological polar surface area (TPSA) is 167 Å². The molecule has 0 bridgehead atoms. The summed E-state index contributed by atoms with van der Waals surface area (Å²) in [6.07, 6.45) is 9.98. The molecule has 0 aromatic heterocycles. The van der Waals surface area contributed by atoms with E-state index in [2.05, 4.69) is 117 Å².